The zero-order valence-electron chi connectivity index (χ0n) is 15.8. The van der Waals surface area contributed by atoms with Crippen LogP contribution in [0.15, 0.2) is 72.8 Å². The fourth-order valence-corrected chi connectivity index (χ4v) is 2.73. The van der Waals surface area contributed by atoms with Crippen LogP contribution in [0, 0.1) is 18.8 Å². The number of carbonyl (C=O) groups excluding carboxylic acids is 1. The smallest absolute Gasteiger partial charge is 0.256 e. The molecular weight excluding hydrogens is 332 g/mol. The number of nitrogens with zero attached hydrogens (tertiary/aromatic N) is 1. The van der Waals surface area contributed by atoms with Crippen LogP contribution in [0.3, 0.4) is 0 Å². The lowest BCUT2D eigenvalue weighted by molar-refractivity contribution is 0.102. The van der Waals surface area contributed by atoms with Gasteiger partial charge in [-0.1, -0.05) is 53.8 Å². The van der Waals surface area contributed by atoms with Crippen LogP contribution in [-0.2, 0) is 0 Å². The minimum absolute atomic E-state index is 0.162. The molecule has 3 nitrogen and oxygen atoms in total. The van der Waals surface area contributed by atoms with Gasteiger partial charge in [-0.05, 0) is 43.3 Å². The highest BCUT2D eigenvalue weighted by atomic mass is 16.1. The van der Waals surface area contributed by atoms with Gasteiger partial charge in [0.1, 0.15) is 0 Å². The second-order valence-corrected chi connectivity index (χ2v) is 6.53. The van der Waals surface area contributed by atoms with E-state index in [2.05, 4.69) is 17.2 Å². The number of nitrogens with one attached hydrogen (secondary N) is 1. The van der Waals surface area contributed by atoms with Crippen LogP contribution in [0.2, 0.25) is 0 Å². The molecule has 1 amide bonds. The molecule has 0 aliphatic carbocycles. The lowest BCUT2D eigenvalue weighted by atomic mass is 10.1. The molecule has 0 unspecified atom stereocenters. The van der Waals surface area contributed by atoms with Gasteiger partial charge < -0.3 is 10.2 Å². The van der Waals surface area contributed by atoms with Crippen LogP contribution >= 0.6 is 0 Å². The van der Waals surface area contributed by atoms with E-state index in [9.17, 15) is 4.79 Å². The second kappa shape index (κ2) is 8.25. The molecule has 0 radical (unpaired) electrons. The minimum Gasteiger partial charge on any atom is -0.377 e. The Hall–Kier alpha value is -3.51. The maximum absolute atomic E-state index is 12.7. The average Bonchev–Trinajstić information content (AvgIpc) is 2.68. The maximum Gasteiger partial charge on any atom is 0.256 e. The SMILES string of the molecule is Cc1ccc(NC(=O)c2ccccc2C#Cc2ccccc2N(C)C)cc1. The van der Waals surface area contributed by atoms with E-state index >= 15 is 0 Å². The molecule has 0 bridgehead atoms. The molecule has 0 heterocycles. The molecule has 0 aliphatic heterocycles. The Kier molecular flexibility index (Phi) is 5.58. The topological polar surface area (TPSA) is 32.3 Å². The number of benzene rings is 3. The molecule has 3 aromatic carbocycles. The third kappa shape index (κ3) is 4.56. The van der Waals surface area contributed by atoms with Gasteiger partial charge in [0.15, 0.2) is 0 Å². The van der Waals surface area contributed by atoms with Crippen LogP contribution in [0.4, 0.5) is 11.4 Å². The first-order chi connectivity index (χ1) is 13.0. The fraction of sp³-hybridized carbons (Fsp3) is 0.125. The van der Waals surface area contributed by atoms with Gasteiger partial charge in [0, 0.05) is 30.9 Å². The second-order valence-electron chi connectivity index (χ2n) is 6.53. The zero-order valence-corrected chi connectivity index (χ0v) is 15.8. The predicted molar refractivity (Wildman–Crippen MR) is 112 cm³/mol. The summed E-state index contributed by atoms with van der Waals surface area (Å²) >= 11 is 0. The molecule has 0 aliphatic rings. The van der Waals surface area contributed by atoms with Crippen molar-refractivity contribution in [3.05, 3.63) is 95.1 Å². The lowest BCUT2D eigenvalue weighted by Gasteiger charge is -2.14. The molecule has 3 aromatic rings. The molecule has 0 fully saturated rings. The van der Waals surface area contributed by atoms with E-state index < -0.39 is 0 Å². The molecule has 0 atom stereocenters. The minimum atomic E-state index is -0.162. The van der Waals surface area contributed by atoms with Crippen LogP contribution in [-0.4, -0.2) is 20.0 Å². The summed E-state index contributed by atoms with van der Waals surface area (Å²) < 4.78 is 0. The molecule has 0 spiro atoms. The monoisotopic (exact) mass is 354 g/mol. The van der Waals surface area contributed by atoms with E-state index in [4.69, 9.17) is 0 Å². The zero-order chi connectivity index (χ0) is 19.2. The number of amides is 1. The molecule has 3 heteroatoms. The number of aryl methyl sites for hydroxylation is 1. The largest absolute Gasteiger partial charge is 0.377 e. The molecule has 27 heavy (non-hydrogen) atoms. The van der Waals surface area contributed by atoms with Crippen molar-refractivity contribution >= 4 is 17.3 Å². The van der Waals surface area contributed by atoms with Crippen molar-refractivity contribution in [3.8, 4) is 11.8 Å². The van der Waals surface area contributed by atoms with Gasteiger partial charge in [-0.3, -0.25) is 4.79 Å². The number of para-hydroxylation sites is 1. The van der Waals surface area contributed by atoms with Gasteiger partial charge >= 0.3 is 0 Å². The van der Waals surface area contributed by atoms with Gasteiger partial charge in [-0.25, -0.2) is 0 Å². The van der Waals surface area contributed by atoms with Gasteiger partial charge in [0.2, 0.25) is 0 Å². The summed E-state index contributed by atoms with van der Waals surface area (Å²) in [5, 5.41) is 2.94. The van der Waals surface area contributed by atoms with Crippen molar-refractivity contribution in [2.24, 2.45) is 0 Å². The van der Waals surface area contributed by atoms with Gasteiger partial charge in [0.05, 0.1) is 11.3 Å². The van der Waals surface area contributed by atoms with E-state index in [1.165, 1.54) is 0 Å². The van der Waals surface area contributed by atoms with Crippen molar-refractivity contribution in [1.82, 2.24) is 0 Å². The van der Waals surface area contributed by atoms with Gasteiger partial charge in [-0.15, -0.1) is 0 Å². The van der Waals surface area contributed by atoms with Crippen molar-refractivity contribution in [2.75, 3.05) is 24.3 Å². The van der Waals surface area contributed by atoms with Crippen LogP contribution < -0.4 is 10.2 Å². The molecular formula is C24H22N2O. The molecule has 3 rings (SSSR count). The summed E-state index contributed by atoms with van der Waals surface area (Å²) in [6.07, 6.45) is 0. The lowest BCUT2D eigenvalue weighted by Crippen LogP contribution is -2.13. The number of carbonyl (C=O) groups is 1. The van der Waals surface area contributed by atoms with E-state index in [-0.39, 0.29) is 5.91 Å². The average molecular weight is 354 g/mol. The van der Waals surface area contributed by atoms with Gasteiger partial charge in [0.25, 0.3) is 5.91 Å². The fourth-order valence-electron chi connectivity index (χ4n) is 2.73. The number of anilines is 2. The Balaban J connectivity index is 1.89. The van der Waals surface area contributed by atoms with Crippen molar-refractivity contribution in [1.29, 1.82) is 0 Å². The van der Waals surface area contributed by atoms with Crippen LogP contribution in [0.1, 0.15) is 27.0 Å². The first-order valence-electron chi connectivity index (χ1n) is 8.80. The third-order valence-electron chi connectivity index (χ3n) is 4.20. The molecule has 134 valence electrons. The van der Waals surface area contributed by atoms with E-state index in [0.717, 1.165) is 22.5 Å². The van der Waals surface area contributed by atoms with E-state index in [0.29, 0.717) is 11.1 Å². The van der Waals surface area contributed by atoms with Crippen molar-refractivity contribution in [3.63, 3.8) is 0 Å². The highest BCUT2D eigenvalue weighted by Crippen LogP contribution is 2.17. The summed E-state index contributed by atoms with van der Waals surface area (Å²) in [6, 6.07) is 23.1. The number of hydrogen-bond donors (Lipinski definition) is 1. The van der Waals surface area contributed by atoms with Crippen molar-refractivity contribution < 1.29 is 4.79 Å². The van der Waals surface area contributed by atoms with Crippen LogP contribution in [0.25, 0.3) is 0 Å². The standard InChI is InChI=1S/C24H22N2O/c1-18-12-16-21(17-13-18)25-24(27)22-10-6-4-8-19(22)14-15-20-9-5-7-11-23(20)26(2)3/h4-13,16-17H,1-3H3,(H,25,27). The molecule has 1 N–H and O–H groups in total. The Bertz CT molecular complexity index is 1010. The first kappa shape index (κ1) is 18.3. The Labute approximate surface area is 160 Å². The normalized spacial score (nSPS) is 9.89. The maximum atomic E-state index is 12.7. The molecule has 0 saturated heterocycles. The van der Waals surface area contributed by atoms with Gasteiger partial charge in [-0.2, -0.15) is 0 Å². The summed E-state index contributed by atoms with van der Waals surface area (Å²) in [4.78, 5) is 14.7. The summed E-state index contributed by atoms with van der Waals surface area (Å²) in [7, 11) is 3.98. The van der Waals surface area contributed by atoms with E-state index in [1.807, 2.05) is 92.6 Å². The Morgan fingerprint density at radius 1 is 0.815 bits per heavy atom. The van der Waals surface area contributed by atoms with E-state index in [1.54, 1.807) is 6.07 Å². The first-order valence-corrected chi connectivity index (χ1v) is 8.80. The molecule has 0 aromatic heterocycles. The number of hydrogen-bond acceptors (Lipinski definition) is 2. The van der Waals surface area contributed by atoms with Crippen LogP contribution in [0.5, 0.6) is 0 Å². The Morgan fingerprint density at radius 3 is 2.11 bits per heavy atom. The van der Waals surface area contributed by atoms with Crippen molar-refractivity contribution in [2.45, 2.75) is 6.92 Å². The summed E-state index contributed by atoms with van der Waals surface area (Å²) in [5.74, 6) is 6.21. The summed E-state index contributed by atoms with van der Waals surface area (Å²) in [6.45, 7) is 2.02. The highest BCUT2D eigenvalue weighted by molar-refractivity contribution is 6.06. The summed E-state index contributed by atoms with van der Waals surface area (Å²) in [5.41, 5.74) is 5.16. The quantitative estimate of drug-likeness (QED) is 0.691. The number of rotatable bonds is 3. The Morgan fingerprint density at radius 2 is 1.41 bits per heavy atom. The third-order valence-corrected chi connectivity index (χ3v) is 4.20. The molecule has 0 saturated carbocycles. The highest BCUT2D eigenvalue weighted by Gasteiger charge is 2.10. The predicted octanol–water partition coefficient (Wildman–Crippen LogP) is 4.71.